The summed E-state index contributed by atoms with van der Waals surface area (Å²) < 4.78 is 0. The summed E-state index contributed by atoms with van der Waals surface area (Å²) in [6.45, 7) is 3.67. The quantitative estimate of drug-likeness (QED) is 0.0378. The Hall–Kier alpha value is -1.30. The molecule has 0 aliphatic rings. The number of ketones is 2. The molecule has 3 N–H and O–H groups in total. The first-order valence-electron chi connectivity index (χ1n) is 18.8. The maximum Gasteiger partial charge on any atom is 0.209 e. The summed E-state index contributed by atoms with van der Waals surface area (Å²) in [5, 5.41) is 30.6. The molecule has 0 aliphatic heterocycles. The van der Waals surface area contributed by atoms with Crippen molar-refractivity contribution in [2.24, 2.45) is 0 Å². The highest BCUT2D eigenvalue weighted by Gasteiger charge is 2.48. The van der Waals surface area contributed by atoms with E-state index in [0.29, 0.717) is 12.8 Å². The molecule has 1 unspecified atom stereocenters. The van der Waals surface area contributed by atoms with Crippen molar-refractivity contribution >= 4 is 11.6 Å². The molecule has 5 nitrogen and oxygen atoms in total. The molecule has 0 aromatic carbocycles. The number of aliphatic hydroxyl groups is 3. The SMILES string of the molecule is CCCCCC/C=C\CCCCCCCCCC(=O)C(O)(C(=O)CCCCCCCCC/C=C\CCCCCC)C(O)CO. The molecule has 0 saturated carbocycles. The fourth-order valence-corrected chi connectivity index (χ4v) is 5.75. The van der Waals surface area contributed by atoms with Gasteiger partial charge in [0, 0.05) is 12.8 Å². The van der Waals surface area contributed by atoms with Crippen LogP contribution in [0.5, 0.6) is 0 Å². The Bertz CT molecular complexity index is 661. The Morgan fingerprint density at radius 2 is 0.773 bits per heavy atom. The third-order valence-electron chi connectivity index (χ3n) is 8.84. The van der Waals surface area contributed by atoms with Crippen molar-refractivity contribution in [2.45, 2.75) is 205 Å². The zero-order valence-corrected chi connectivity index (χ0v) is 29.1. The van der Waals surface area contributed by atoms with Crippen LogP contribution in [0, 0.1) is 0 Å². The van der Waals surface area contributed by atoms with Crippen molar-refractivity contribution in [1.29, 1.82) is 0 Å². The topological polar surface area (TPSA) is 94.8 Å². The number of allylic oxidation sites excluding steroid dienone is 4. The van der Waals surface area contributed by atoms with Crippen LogP contribution >= 0.6 is 0 Å². The van der Waals surface area contributed by atoms with Crippen LogP contribution in [0.1, 0.15) is 194 Å². The van der Waals surface area contributed by atoms with E-state index in [0.717, 1.165) is 51.4 Å². The van der Waals surface area contributed by atoms with Crippen molar-refractivity contribution < 1.29 is 24.9 Å². The molecular formula is C39H72O5. The third kappa shape index (κ3) is 23.1. The lowest BCUT2D eigenvalue weighted by Crippen LogP contribution is -2.57. The highest BCUT2D eigenvalue weighted by Crippen LogP contribution is 2.22. The maximum atomic E-state index is 12.8. The van der Waals surface area contributed by atoms with E-state index in [4.69, 9.17) is 0 Å². The summed E-state index contributed by atoms with van der Waals surface area (Å²) in [5.41, 5.74) is -2.48. The predicted molar refractivity (Wildman–Crippen MR) is 187 cm³/mol. The zero-order valence-electron chi connectivity index (χ0n) is 29.1. The van der Waals surface area contributed by atoms with Crippen LogP contribution in [0.15, 0.2) is 24.3 Å². The van der Waals surface area contributed by atoms with E-state index in [2.05, 4.69) is 38.2 Å². The molecule has 0 bridgehead atoms. The van der Waals surface area contributed by atoms with E-state index >= 15 is 0 Å². The summed E-state index contributed by atoms with van der Waals surface area (Å²) in [4.78, 5) is 25.7. The zero-order chi connectivity index (χ0) is 32.6. The van der Waals surface area contributed by atoms with E-state index in [1.165, 1.54) is 103 Å². The summed E-state index contributed by atoms with van der Waals surface area (Å²) in [5.74, 6) is -1.30. The molecule has 0 aromatic rings. The molecular weight excluding hydrogens is 548 g/mol. The molecule has 0 amide bonds. The first-order chi connectivity index (χ1) is 21.4. The average molecular weight is 621 g/mol. The minimum absolute atomic E-state index is 0.0520. The van der Waals surface area contributed by atoms with Crippen molar-refractivity contribution in [2.75, 3.05) is 6.61 Å². The van der Waals surface area contributed by atoms with Crippen LogP contribution in [0.4, 0.5) is 0 Å². The lowest BCUT2D eigenvalue weighted by atomic mass is 9.82. The van der Waals surface area contributed by atoms with Gasteiger partial charge in [-0.1, -0.05) is 141 Å². The second kappa shape index (κ2) is 31.7. The van der Waals surface area contributed by atoms with Crippen molar-refractivity contribution in [3.63, 3.8) is 0 Å². The molecule has 44 heavy (non-hydrogen) atoms. The van der Waals surface area contributed by atoms with Gasteiger partial charge in [-0.15, -0.1) is 0 Å². The fourth-order valence-electron chi connectivity index (χ4n) is 5.75. The Labute approximate surface area is 272 Å². The van der Waals surface area contributed by atoms with Gasteiger partial charge in [0.1, 0.15) is 6.10 Å². The van der Waals surface area contributed by atoms with E-state index in [1.807, 2.05) is 0 Å². The monoisotopic (exact) mass is 621 g/mol. The van der Waals surface area contributed by atoms with Gasteiger partial charge in [-0.3, -0.25) is 9.59 Å². The van der Waals surface area contributed by atoms with Gasteiger partial charge in [0.15, 0.2) is 11.6 Å². The second-order valence-electron chi connectivity index (χ2n) is 13.0. The number of Topliss-reactive ketones (excluding diaryl/α,β-unsaturated/α-hetero) is 2. The van der Waals surface area contributed by atoms with Crippen LogP contribution in [0.2, 0.25) is 0 Å². The third-order valence-corrected chi connectivity index (χ3v) is 8.84. The van der Waals surface area contributed by atoms with Crippen molar-refractivity contribution in [3.05, 3.63) is 24.3 Å². The van der Waals surface area contributed by atoms with Crippen LogP contribution in [-0.4, -0.2) is 45.2 Å². The smallest absolute Gasteiger partial charge is 0.209 e. The maximum absolute atomic E-state index is 12.8. The highest BCUT2D eigenvalue weighted by molar-refractivity contribution is 6.10. The predicted octanol–water partition coefficient (Wildman–Crippen LogP) is 10.3. The van der Waals surface area contributed by atoms with Gasteiger partial charge >= 0.3 is 0 Å². The highest BCUT2D eigenvalue weighted by atomic mass is 16.4. The van der Waals surface area contributed by atoms with Gasteiger partial charge in [0.2, 0.25) is 5.60 Å². The molecule has 0 radical (unpaired) electrons. The lowest BCUT2D eigenvalue weighted by molar-refractivity contribution is -0.166. The minimum atomic E-state index is -2.48. The molecule has 1 atom stereocenters. The van der Waals surface area contributed by atoms with Gasteiger partial charge in [0.05, 0.1) is 6.61 Å². The summed E-state index contributed by atoms with van der Waals surface area (Å²) in [7, 11) is 0. The number of hydrogen-bond acceptors (Lipinski definition) is 5. The summed E-state index contributed by atoms with van der Waals surface area (Å²) in [6.07, 6.45) is 37.2. The average Bonchev–Trinajstić information content (AvgIpc) is 3.03. The number of rotatable bonds is 34. The van der Waals surface area contributed by atoms with E-state index in [1.54, 1.807) is 0 Å². The normalized spacial score (nSPS) is 12.9. The number of carbonyl (C=O) groups is 2. The second-order valence-corrected chi connectivity index (χ2v) is 13.0. The summed E-state index contributed by atoms with van der Waals surface area (Å²) in [6, 6.07) is 0. The molecule has 0 spiro atoms. The molecule has 0 heterocycles. The largest absolute Gasteiger partial charge is 0.394 e. The number of unbranched alkanes of at least 4 members (excludes halogenated alkanes) is 22. The van der Waals surface area contributed by atoms with Crippen LogP contribution < -0.4 is 0 Å². The van der Waals surface area contributed by atoms with E-state index in [-0.39, 0.29) is 12.8 Å². The van der Waals surface area contributed by atoms with Crippen LogP contribution in [0.25, 0.3) is 0 Å². The number of hydrogen-bond donors (Lipinski definition) is 3. The van der Waals surface area contributed by atoms with Gasteiger partial charge in [-0.2, -0.15) is 0 Å². The minimum Gasteiger partial charge on any atom is -0.394 e. The Morgan fingerprint density at radius 1 is 0.500 bits per heavy atom. The molecule has 0 saturated heterocycles. The Kier molecular flexibility index (Phi) is 30.7. The first-order valence-corrected chi connectivity index (χ1v) is 18.8. The standard InChI is InChI=1S/C39H72O5/c1-3-5-7-9-11-13-15-17-19-21-23-25-27-29-31-33-36(41)39(44,38(43)35-40)37(42)34-32-30-28-26-24-22-20-18-16-14-12-10-8-6-4-2/h13-16,38,40,43-44H,3-12,17-35H2,1-2H3/b15-13-,16-14-. The molecule has 0 aromatic heterocycles. The van der Waals surface area contributed by atoms with Crippen LogP contribution in [0.3, 0.4) is 0 Å². The molecule has 0 fully saturated rings. The molecule has 5 heteroatoms. The van der Waals surface area contributed by atoms with Gasteiger partial charge < -0.3 is 15.3 Å². The Balaban J connectivity index is 3.99. The van der Waals surface area contributed by atoms with Gasteiger partial charge in [-0.05, 0) is 64.2 Å². The number of aliphatic hydroxyl groups excluding tert-OH is 2. The van der Waals surface area contributed by atoms with Gasteiger partial charge in [0.25, 0.3) is 0 Å². The van der Waals surface area contributed by atoms with Crippen molar-refractivity contribution in [3.8, 4) is 0 Å². The lowest BCUT2D eigenvalue weighted by Gasteiger charge is -2.29. The molecule has 258 valence electrons. The van der Waals surface area contributed by atoms with Crippen LogP contribution in [-0.2, 0) is 9.59 Å². The van der Waals surface area contributed by atoms with Crippen molar-refractivity contribution in [1.82, 2.24) is 0 Å². The first kappa shape index (κ1) is 42.7. The molecule has 0 aliphatic carbocycles. The molecule has 0 rings (SSSR count). The van der Waals surface area contributed by atoms with E-state index < -0.39 is 29.9 Å². The van der Waals surface area contributed by atoms with E-state index in [9.17, 15) is 24.9 Å². The summed E-state index contributed by atoms with van der Waals surface area (Å²) >= 11 is 0. The number of carbonyl (C=O) groups excluding carboxylic acids is 2. The fraction of sp³-hybridized carbons (Fsp3) is 0.846. The Morgan fingerprint density at radius 3 is 1.07 bits per heavy atom. The van der Waals surface area contributed by atoms with Gasteiger partial charge in [-0.25, -0.2) is 0 Å².